The molecule has 1 aliphatic heterocycles. The third kappa shape index (κ3) is 16.3. The second-order valence-electron chi connectivity index (χ2n) is 12.3. The molecule has 0 aromatic heterocycles. The van der Waals surface area contributed by atoms with Gasteiger partial charge in [0.1, 0.15) is 30.2 Å². The molecule has 1 aliphatic rings. The number of hydrogen-bond donors (Lipinski definition) is 11. The van der Waals surface area contributed by atoms with E-state index in [1.54, 1.807) is 20.8 Å². The number of nitrogens with zero attached hydrogens (tertiary/aromatic N) is 1. The van der Waals surface area contributed by atoms with E-state index in [-0.39, 0.29) is 43.3 Å². The molecule has 1 fully saturated rings. The summed E-state index contributed by atoms with van der Waals surface area (Å²) in [6.07, 6.45) is -1.78. The Labute approximate surface area is 291 Å². The number of aliphatic imine (C=N–C) groups is 1. The minimum absolute atomic E-state index is 0.0302. The van der Waals surface area contributed by atoms with Crippen LogP contribution in [0.1, 0.15) is 52.9 Å². The molecule has 5 atom stereocenters. The number of rotatable bonds is 9. The first-order valence-electron chi connectivity index (χ1n) is 15.3. The highest BCUT2D eigenvalue weighted by atomic mass is 32.2. The summed E-state index contributed by atoms with van der Waals surface area (Å²) in [6.45, 7) is 4.02. The minimum Gasteiger partial charge on any atom is -0.481 e. The first kappa shape index (κ1) is 42.9. The minimum atomic E-state index is -1.85. The predicted octanol–water partition coefficient (Wildman–Crippen LogP) is -4.80. The number of carboxylic acid groups (broad SMARTS) is 2. The Morgan fingerprint density at radius 1 is 0.780 bits per heavy atom. The largest absolute Gasteiger partial charge is 0.481 e. The molecule has 22 heteroatoms. The van der Waals surface area contributed by atoms with Crippen LogP contribution in [0.15, 0.2) is 4.99 Å². The van der Waals surface area contributed by atoms with Gasteiger partial charge in [-0.2, -0.15) is 11.8 Å². The van der Waals surface area contributed by atoms with Gasteiger partial charge in [-0.25, -0.2) is 0 Å². The second-order valence-corrected chi connectivity index (χ2v) is 13.4. The van der Waals surface area contributed by atoms with Crippen molar-refractivity contribution in [2.24, 2.45) is 27.6 Å². The predicted molar refractivity (Wildman–Crippen MR) is 178 cm³/mol. The van der Waals surface area contributed by atoms with Crippen molar-refractivity contribution in [1.82, 2.24) is 31.9 Å². The van der Waals surface area contributed by atoms with E-state index in [0.29, 0.717) is 0 Å². The highest BCUT2D eigenvalue weighted by Gasteiger charge is 2.38. The first-order chi connectivity index (χ1) is 23.2. The molecule has 7 amide bonds. The molecule has 1 rings (SSSR count). The van der Waals surface area contributed by atoms with Crippen molar-refractivity contribution in [2.45, 2.75) is 83.1 Å². The van der Waals surface area contributed by atoms with Crippen molar-refractivity contribution in [3.63, 3.8) is 0 Å². The van der Waals surface area contributed by atoms with Crippen LogP contribution in [0, 0.1) is 5.41 Å². The zero-order valence-electron chi connectivity index (χ0n) is 27.9. The number of amides is 7. The molecule has 0 radical (unpaired) electrons. The lowest BCUT2D eigenvalue weighted by Gasteiger charge is -2.33. The van der Waals surface area contributed by atoms with Gasteiger partial charge in [-0.05, 0) is 30.4 Å². The van der Waals surface area contributed by atoms with Crippen molar-refractivity contribution in [3.8, 4) is 0 Å². The number of nitrogens with one attached hydrogen (secondary N) is 6. The summed E-state index contributed by atoms with van der Waals surface area (Å²) >= 11 is 1.06. The summed E-state index contributed by atoms with van der Waals surface area (Å²) in [5.74, 6) is -9.96. The van der Waals surface area contributed by atoms with E-state index < -0.39 is 108 Å². The van der Waals surface area contributed by atoms with Gasteiger partial charge in [0.05, 0.1) is 25.1 Å². The second kappa shape index (κ2) is 20.4. The molecule has 14 N–H and O–H groups in total. The van der Waals surface area contributed by atoms with Crippen LogP contribution >= 0.6 is 11.8 Å². The fourth-order valence-corrected chi connectivity index (χ4v) is 5.22. The summed E-state index contributed by atoms with van der Waals surface area (Å²) in [6, 6.07) is -7.52. The first-order valence-corrected chi connectivity index (χ1v) is 16.5. The summed E-state index contributed by atoms with van der Waals surface area (Å²) in [5, 5.41) is 32.7. The maximum absolute atomic E-state index is 13.4. The third-order valence-corrected chi connectivity index (χ3v) is 7.91. The lowest BCUT2D eigenvalue weighted by Crippen LogP contribution is -2.61. The van der Waals surface area contributed by atoms with E-state index >= 15 is 0 Å². The monoisotopic (exact) mass is 730 g/mol. The van der Waals surface area contributed by atoms with Gasteiger partial charge in [-0.1, -0.05) is 20.8 Å². The average molecular weight is 731 g/mol. The Morgan fingerprint density at radius 3 is 1.88 bits per heavy atom. The molecule has 0 aliphatic carbocycles. The smallest absolute Gasteiger partial charge is 0.305 e. The number of primary amides is 1. The molecule has 1 heterocycles. The lowest BCUT2D eigenvalue weighted by atomic mass is 9.85. The van der Waals surface area contributed by atoms with E-state index in [1.165, 1.54) is 0 Å². The quantitative estimate of drug-likeness (QED) is 0.0603. The molecule has 0 bridgehead atoms. The molecular weight excluding hydrogens is 684 g/mol. The fraction of sp³-hybridized carbons (Fsp3) is 0.643. The van der Waals surface area contributed by atoms with Crippen molar-refractivity contribution >= 4 is 71.0 Å². The van der Waals surface area contributed by atoms with Gasteiger partial charge in [0.25, 0.3) is 0 Å². The van der Waals surface area contributed by atoms with Gasteiger partial charge in [-0.15, -0.1) is 0 Å². The van der Waals surface area contributed by atoms with E-state index in [9.17, 15) is 53.4 Å². The Bertz CT molecular complexity index is 1330. The molecule has 3 unspecified atom stereocenters. The molecule has 0 spiro atoms. The van der Waals surface area contributed by atoms with Crippen LogP contribution < -0.4 is 49.1 Å². The van der Waals surface area contributed by atoms with Crippen molar-refractivity contribution < 1.29 is 53.4 Å². The fourth-order valence-electron chi connectivity index (χ4n) is 4.41. The standard InChI is InChI=1S/C28H46N10O11S/c1-28(2,3)21-26(49)36-13(22(29)45)6-8-50-12-18(40)34-14(5-4-7-32-27(30)31)23(46)33-11-17(39)35-15(9-19(41)42)24(47)37-16(10-20(43)44)25(48)38-21/h13-16,21H,4-12H2,1-3H3,(H2,29,45)(H,33,46)(H,34,40)(H,35,39)(H,36,49)(H,37,47)(H,38,48)(H,41,42)(H,43,44)(H4,30,31,32)/t13?,14-,15?,16-,21?/m1/s1. The van der Waals surface area contributed by atoms with Crippen LogP contribution in [0.5, 0.6) is 0 Å². The highest BCUT2D eigenvalue weighted by molar-refractivity contribution is 7.99. The van der Waals surface area contributed by atoms with E-state index in [2.05, 4.69) is 36.9 Å². The van der Waals surface area contributed by atoms with Gasteiger partial charge >= 0.3 is 11.9 Å². The average Bonchev–Trinajstić information content (AvgIpc) is 2.98. The van der Waals surface area contributed by atoms with E-state index in [0.717, 1.165) is 11.8 Å². The van der Waals surface area contributed by atoms with Gasteiger partial charge in [0.15, 0.2) is 5.96 Å². The Kier molecular flexibility index (Phi) is 17.5. The van der Waals surface area contributed by atoms with E-state index in [4.69, 9.17) is 17.2 Å². The van der Waals surface area contributed by atoms with Crippen LogP contribution in [0.2, 0.25) is 0 Å². The topological polar surface area (TPSA) is 357 Å². The highest BCUT2D eigenvalue weighted by Crippen LogP contribution is 2.20. The van der Waals surface area contributed by atoms with Crippen LogP contribution in [0.4, 0.5) is 0 Å². The summed E-state index contributed by atoms with van der Waals surface area (Å²) in [7, 11) is 0. The zero-order chi connectivity index (χ0) is 38.2. The Hall–Kier alpha value is -5.15. The van der Waals surface area contributed by atoms with Crippen LogP contribution in [0.25, 0.3) is 0 Å². The molecule has 1 saturated heterocycles. The Balaban J connectivity index is 3.47. The van der Waals surface area contributed by atoms with Crippen molar-refractivity contribution in [3.05, 3.63) is 0 Å². The normalized spacial score (nSPS) is 23.9. The maximum Gasteiger partial charge on any atom is 0.305 e. The van der Waals surface area contributed by atoms with Crippen LogP contribution in [-0.4, -0.2) is 124 Å². The number of thioether (sulfide) groups is 1. The van der Waals surface area contributed by atoms with Crippen LogP contribution in [0.3, 0.4) is 0 Å². The van der Waals surface area contributed by atoms with Gasteiger partial charge in [0, 0.05) is 6.54 Å². The SMILES string of the molecule is CC(C)(C)C1NC(=O)[C@@H](CC(=O)O)NC(=O)C(CC(=O)O)NC(=O)CNC(=O)[C@@H](CCCN=C(N)N)NC(=O)CSCCC(C(N)=O)NC1=O. The molecule has 280 valence electrons. The number of hydrogen-bond acceptors (Lipinski definition) is 11. The summed E-state index contributed by atoms with van der Waals surface area (Å²) in [5.41, 5.74) is 15.1. The maximum atomic E-state index is 13.4. The van der Waals surface area contributed by atoms with Crippen LogP contribution in [-0.2, 0) is 43.2 Å². The molecule has 50 heavy (non-hydrogen) atoms. The zero-order valence-corrected chi connectivity index (χ0v) is 28.7. The molecule has 0 aromatic carbocycles. The third-order valence-electron chi connectivity index (χ3n) is 6.92. The van der Waals surface area contributed by atoms with Gasteiger partial charge < -0.3 is 59.3 Å². The summed E-state index contributed by atoms with van der Waals surface area (Å²) in [4.78, 5) is 117. The molecule has 21 nitrogen and oxygen atoms in total. The molecular formula is C28H46N10O11S. The number of aliphatic carboxylic acids is 2. The molecule has 0 aromatic rings. The number of nitrogens with two attached hydrogens (primary N) is 3. The number of carboxylic acids is 2. The van der Waals surface area contributed by atoms with Crippen molar-refractivity contribution in [1.29, 1.82) is 0 Å². The summed E-state index contributed by atoms with van der Waals surface area (Å²) < 4.78 is 0. The number of carbonyl (C=O) groups excluding carboxylic acids is 7. The lowest BCUT2D eigenvalue weighted by molar-refractivity contribution is -0.143. The van der Waals surface area contributed by atoms with E-state index in [1.807, 2.05) is 0 Å². The molecule has 0 saturated carbocycles. The van der Waals surface area contributed by atoms with Gasteiger partial charge in [-0.3, -0.25) is 48.1 Å². The van der Waals surface area contributed by atoms with Crippen molar-refractivity contribution in [2.75, 3.05) is 24.6 Å². The van der Waals surface area contributed by atoms with Gasteiger partial charge in [0.2, 0.25) is 41.4 Å². The Morgan fingerprint density at radius 2 is 1.34 bits per heavy atom. The number of guanidine groups is 1. The number of carbonyl (C=O) groups is 9.